The van der Waals surface area contributed by atoms with E-state index in [1.807, 2.05) is 24.0 Å². The summed E-state index contributed by atoms with van der Waals surface area (Å²) in [7, 11) is 1.67. The Hall–Kier alpha value is -1.95. The second-order valence-corrected chi connectivity index (χ2v) is 8.30. The van der Waals surface area contributed by atoms with Crippen molar-refractivity contribution in [2.24, 2.45) is 11.3 Å². The number of anilines is 1. The van der Waals surface area contributed by atoms with Gasteiger partial charge in [-0.25, -0.2) is 4.79 Å². The molecule has 2 bridgehead atoms. The molecule has 0 saturated carbocycles. The van der Waals surface area contributed by atoms with Gasteiger partial charge in [0.05, 0.1) is 12.6 Å². The summed E-state index contributed by atoms with van der Waals surface area (Å²) >= 11 is 0. The maximum absolute atomic E-state index is 12.5. The molecule has 0 unspecified atom stereocenters. The number of hydrogen-bond donors (Lipinski definition) is 1. The molecule has 6 nitrogen and oxygen atoms in total. The van der Waals surface area contributed by atoms with Gasteiger partial charge in [0.2, 0.25) is 0 Å². The summed E-state index contributed by atoms with van der Waals surface area (Å²) in [6, 6.07) is 8.69. The van der Waals surface area contributed by atoms with E-state index in [1.54, 1.807) is 7.11 Å². The molecule has 2 atom stereocenters. The molecule has 3 aliphatic heterocycles. The fourth-order valence-corrected chi connectivity index (χ4v) is 4.53. The smallest absolute Gasteiger partial charge is 0.317 e. The average Bonchev–Trinajstić information content (AvgIpc) is 2.90. The normalized spacial score (nSPS) is 23.9. The van der Waals surface area contributed by atoms with Gasteiger partial charge >= 0.3 is 6.03 Å². The molecule has 4 rings (SSSR count). The van der Waals surface area contributed by atoms with Crippen LogP contribution in [0.5, 0.6) is 5.75 Å². The van der Waals surface area contributed by atoms with Gasteiger partial charge in [-0.3, -0.25) is 0 Å². The number of nitrogens with zero attached hydrogens (tertiary/aromatic N) is 2. The first kappa shape index (κ1) is 19.8. The van der Waals surface area contributed by atoms with Crippen molar-refractivity contribution in [2.75, 3.05) is 51.4 Å². The molecular weight excluding hydrogens is 342 g/mol. The molecule has 6 heteroatoms. The zero-order valence-electron chi connectivity index (χ0n) is 17.0. The molecular formula is C21H33N3O3. The van der Waals surface area contributed by atoms with E-state index in [4.69, 9.17) is 9.47 Å². The largest absolute Gasteiger partial charge is 0.491 e. The number of ether oxygens (including phenoxy) is 2. The SMILES string of the molecule is CCNC(=O)N1C[C@@H]2CN(c3ccc(OCCOC)cc3)[C@H](C1)C(C)(C)C2. The maximum atomic E-state index is 12.5. The van der Waals surface area contributed by atoms with E-state index in [0.717, 1.165) is 31.8 Å². The Morgan fingerprint density at radius 1 is 1.19 bits per heavy atom. The van der Waals surface area contributed by atoms with Gasteiger partial charge in [0.25, 0.3) is 0 Å². The third kappa shape index (κ3) is 4.49. The van der Waals surface area contributed by atoms with Crippen molar-refractivity contribution >= 4 is 11.7 Å². The Balaban J connectivity index is 1.77. The number of hydrogen-bond acceptors (Lipinski definition) is 4. The van der Waals surface area contributed by atoms with E-state index in [1.165, 1.54) is 5.69 Å². The predicted octanol–water partition coefficient (Wildman–Crippen LogP) is 2.98. The quantitative estimate of drug-likeness (QED) is 0.777. The van der Waals surface area contributed by atoms with Crippen molar-refractivity contribution in [3.63, 3.8) is 0 Å². The summed E-state index contributed by atoms with van der Waals surface area (Å²) < 4.78 is 10.7. The van der Waals surface area contributed by atoms with Crippen LogP contribution in [-0.2, 0) is 4.74 Å². The van der Waals surface area contributed by atoms with E-state index in [2.05, 4.69) is 36.2 Å². The second kappa shape index (κ2) is 8.38. The number of methoxy groups -OCH3 is 1. The van der Waals surface area contributed by atoms with E-state index >= 15 is 0 Å². The molecule has 3 heterocycles. The highest BCUT2D eigenvalue weighted by molar-refractivity contribution is 5.74. The van der Waals surface area contributed by atoms with E-state index < -0.39 is 0 Å². The Labute approximate surface area is 162 Å². The number of fused-ring (bicyclic) bond motifs is 4. The van der Waals surface area contributed by atoms with Gasteiger partial charge < -0.3 is 24.6 Å². The standard InChI is InChI=1S/C21H33N3O3/c1-5-22-20(25)23-13-16-12-21(2,3)19(15-23)24(14-16)17-6-8-18(9-7-17)27-11-10-26-4/h6-9,16,19H,5,10-15H2,1-4H3,(H,22,25)/t16-,19-/m1/s1. The van der Waals surface area contributed by atoms with Crippen LogP contribution in [0.3, 0.4) is 0 Å². The fourth-order valence-electron chi connectivity index (χ4n) is 4.53. The van der Waals surface area contributed by atoms with Crippen molar-refractivity contribution in [3.05, 3.63) is 24.3 Å². The predicted molar refractivity (Wildman–Crippen MR) is 107 cm³/mol. The zero-order valence-corrected chi connectivity index (χ0v) is 17.0. The molecule has 0 aliphatic carbocycles. The summed E-state index contributed by atoms with van der Waals surface area (Å²) in [6.45, 7) is 11.0. The molecule has 0 radical (unpaired) electrons. The molecule has 1 aromatic carbocycles. The van der Waals surface area contributed by atoms with Gasteiger partial charge in [0, 0.05) is 39.0 Å². The van der Waals surface area contributed by atoms with Gasteiger partial charge in [-0.1, -0.05) is 13.8 Å². The summed E-state index contributed by atoms with van der Waals surface area (Å²) in [5.41, 5.74) is 1.37. The fraction of sp³-hybridized carbons (Fsp3) is 0.667. The number of carbonyl (C=O) groups excluding carboxylic acids is 1. The van der Waals surface area contributed by atoms with Crippen molar-refractivity contribution in [1.82, 2.24) is 10.2 Å². The van der Waals surface area contributed by atoms with Crippen LogP contribution in [0, 0.1) is 11.3 Å². The lowest BCUT2D eigenvalue weighted by atomic mass is 9.73. The van der Waals surface area contributed by atoms with Crippen molar-refractivity contribution in [1.29, 1.82) is 0 Å². The second-order valence-electron chi connectivity index (χ2n) is 8.30. The Morgan fingerprint density at radius 2 is 1.93 bits per heavy atom. The minimum Gasteiger partial charge on any atom is -0.491 e. The first-order valence-corrected chi connectivity index (χ1v) is 9.96. The molecule has 150 valence electrons. The third-order valence-corrected chi connectivity index (χ3v) is 5.76. The number of urea groups is 1. The van der Waals surface area contributed by atoms with Crippen LogP contribution in [0.2, 0.25) is 0 Å². The molecule has 27 heavy (non-hydrogen) atoms. The molecule has 0 aromatic heterocycles. The van der Waals surface area contributed by atoms with Crippen molar-refractivity contribution in [2.45, 2.75) is 33.2 Å². The number of nitrogens with one attached hydrogen (secondary N) is 1. The van der Waals surface area contributed by atoms with E-state index in [0.29, 0.717) is 31.7 Å². The molecule has 0 spiro atoms. The monoisotopic (exact) mass is 375 g/mol. The van der Waals surface area contributed by atoms with Crippen molar-refractivity contribution in [3.8, 4) is 5.75 Å². The lowest BCUT2D eigenvalue weighted by Crippen LogP contribution is -2.54. The highest BCUT2D eigenvalue weighted by Crippen LogP contribution is 2.43. The highest BCUT2D eigenvalue weighted by Gasteiger charge is 2.46. The maximum Gasteiger partial charge on any atom is 0.317 e. The van der Waals surface area contributed by atoms with Crippen LogP contribution in [0.25, 0.3) is 0 Å². The number of amides is 2. The van der Waals surface area contributed by atoms with Gasteiger partial charge in [0.15, 0.2) is 0 Å². The summed E-state index contributed by atoms with van der Waals surface area (Å²) in [5.74, 6) is 1.35. The van der Waals surface area contributed by atoms with Crippen LogP contribution in [-0.4, -0.2) is 63.5 Å². The van der Waals surface area contributed by atoms with Gasteiger partial charge in [-0.2, -0.15) is 0 Å². The topological polar surface area (TPSA) is 54.0 Å². The number of rotatable bonds is 6. The number of carbonyl (C=O) groups is 1. The lowest BCUT2D eigenvalue weighted by molar-refractivity contribution is 0.146. The average molecular weight is 376 g/mol. The van der Waals surface area contributed by atoms with Gasteiger partial charge in [0.1, 0.15) is 12.4 Å². The molecule has 3 saturated heterocycles. The van der Waals surface area contributed by atoms with Crippen LogP contribution in [0.1, 0.15) is 27.2 Å². The summed E-state index contributed by atoms with van der Waals surface area (Å²) in [5, 5.41) is 2.97. The first-order valence-electron chi connectivity index (χ1n) is 9.96. The molecule has 1 aromatic rings. The van der Waals surface area contributed by atoms with E-state index in [9.17, 15) is 4.79 Å². The van der Waals surface area contributed by atoms with Crippen molar-refractivity contribution < 1.29 is 14.3 Å². The van der Waals surface area contributed by atoms with Crippen LogP contribution in [0.15, 0.2) is 24.3 Å². The third-order valence-electron chi connectivity index (χ3n) is 5.76. The Kier molecular flexibility index (Phi) is 6.15. The Morgan fingerprint density at radius 3 is 2.59 bits per heavy atom. The summed E-state index contributed by atoms with van der Waals surface area (Å²) in [6.07, 6.45) is 1.16. The minimum atomic E-state index is 0.0638. The molecule has 2 amide bonds. The van der Waals surface area contributed by atoms with Crippen LogP contribution < -0.4 is 15.0 Å². The highest BCUT2D eigenvalue weighted by atomic mass is 16.5. The minimum absolute atomic E-state index is 0.0638. The van der Waals surface area contributed by atoms with Crippen LogP contribution in [0.4, 0.5) is 10.5 Å². The Bertz CT molecular complexity index is 632. The van der Waals surface area contributed by atoms with E-state index in [-0.39, 0.29) is 11.4 Å². The lowest BCUT2D eigenvalue weighted by Gasteiger charge is -2.48. The molecule has 3 aliphatic rings. The zero-order chi connectivity index (χ0) is 19.4. The number of piperidine rings is 1. The van der Waals surface area contributed by atoms with Gasteiger partial charge in [-0.15, -0.1) is 0 Å². The summed E-state index contributed by atoms with van der Waals surface area (Å²) in [4.78, 5) is 17.0. The first-order chi connectivity index (χ1) is 12.9. The number of benzene rings is 1. The van der Waals surface area contributed by atoms with Crippen LogP contribution >= 0.6 is 0 Å². The molecule has 3 fully saturated rings. The molecule has 1 N–H and O–H groups in total. The van der Waals surface area contributed by atoms with Gasteiger partial charge in [-0.05, 0) is 48.9 Å².